The van der Waals surface area contributed by atoms with Crippen molar-refractivity contribution in [1.29, 1.82) is 0 Å². The number of benzene rings is 1. The number of halogens is 1. The number of hydrogen-bond acceptors (Lipinski definition) is 4. The van der Waals surface area contributed by atoms with Crippen LogP contribution in [0.3, 0.4) is 0 Å². The zero-order valence-electron chi connectivity index (χ0n) is 19.6. The maximum Gasteiger partial charge on any atom is 0.256 e. The number of nitrogens with one attached hydrogen (secondary N) is 1. The number of amides is 1. The Morgan fingerprint density at radius 3 is 2.16 bits per heavy atom. The average molecular weight is 469 g/mol. The molecule has 0 atom stereocenters. The van der Waals surface area contributed by atoms with Crippen LogP contribution in [0.25, 0.3) is 0 Å². The van der Waals surface area contributed by atoms with E-state index in [9.17, 15) is 13.2 Å². The molecule has 0 saturated heterocycles. The fraction of sp³-hybridized carbons (Fsp3) is 0.545. The predicted molar refractivity (Wildman–Crippen MR) is 125 cm³/mol. The first-order valence-corrected chi connectivity index (χ1v) is 12.2. The van der Waals surface area contributed by atoms with Crippen molar-refractivity contribution < 1.29 is 13.2 Å². The van der Waals surface area contributed by atoms with Gasteiger partial charge in [0.05, 0.1) is 16.3 Å². The van der Waals surface area contributed by atoms with Gasteiger partial charge in [0.2, 0.25) is 10.0 Å². The highest BCUT2D eigenvalue weighted by molar-refractivity contribution is 7.89. The lowest BCUT2D eigenvalue weighted by atomic mass is 9.92. The van der Waals surface area contributed by atoms with Crippen molar-refractivity contribution in [3.63, 3.8) is 0 Å². The van der Waals surface area contributed by atoms with Crippen molar-refractivity contribution in [3.8, 4) is 0 Å². The summed E-state index contributed by atoms with van der Waals surface area (Å²) in [4.78, 5) is 13.0. The molecule has 1 heterocycles. The molecule has 1 amide bonds. The summed E-state index contributed by atoms with van der Waals surface area (Å²) in [6.07, 6.45) is 0. The van der Waals surface area contributed by atoms with Gasteiger partial charge < -0.3 is 5.32 Å². The second kappa shape index (κ2) is 8.92. The van der Waals surface area contributed by atoms with Crippen LogP contribution in [0.15, 0.2) is 29.2 Å². The van der Waals surface area contributed by atoms with Crippen molar-refractivity contribution in [3.05, 3.63) is 40.5 Å². The Hall–Kier alpha value is -1.90. The Balaban J connectivity index is 2.48. The molecule has 0 aliphatic rings. The van der Waals surface area contributed by atoms with Gasteiger partial charge >= 0.3 is 0 Å². The van der Waals surface area contributed by atoms with E-state index in [1.165, 1.54) is 22.5 Å². The minimum absolute atomic E-state index is 0.0785. The van der Waals surface area contributed by atoms with Gasteiger partial charge in [-0.1, -0.05) is 46.2 Å². The predicted octanol–water partition coefficient (Wildman–Crippen LogP) is 4.87. The van der Waals surface area contributed by atoms with Crippen LogP contribution in [0, 0.1) is 0 Å². The van der Waals surface area contributed by atoms with Gasteiger partial charge in [-0.3, -0.25) is 4.79 Å². The van der Waals surface area contributed by atoms with Crippen molar-refractivity contribution in [1.82, 2.24) is 14.1 Å². The van der Waals surface area contributed by atoms with E-state index in [1.54, 1.807) is 18.5 Å². The summed E-state index contributed by atoms with van der Waals surface area (Å²) in [6, 6.07) is 6.14. The summed E-state index contributed by atoms with van der Waals surface area (Å²) in [6.45, 7) is 16.3. The van der Waals surface area contributed by atoms with E-state index in [2.05, 4.69) is 26.1 Å². The van der Waals surface area contributed by atoms with Crippen LogP contribution in [0.4, 0.5) is 5.82 Å². The summed E-state index contributed by atoms with van der Waals surface area (Å²) < 4.78 is 29.0. The Labute approximate surface area is 190 Å². The molecule has 172 valence electrons. The molecule has 1 aromatic heterocycles. The van der Waals surface area contributed by atoms with Gasteiger partial charge in [0, 0.05) is 30.1 Å². The Morgan fingerprint density at radius 1 is 1.10 bits per heavy atom. The van der Waals surface area contributed by atoms with Crippen LogP contribution in [0.5, 0.6) is 0 Å². The van der Waals surface area contributed by atoms with E-state index in [4.69, 9.17) is 16.7 Å². The minimum atomic E-state index is -3.80. The maximum absolute atomic E-state index is 13.0. The normalized spacial score (nSPS) is 13.0. The third-order valence-corrected chi connectivity index (χ3v) is 7.40. The van der Waals surface area contributed by atoms with Crippen LogP contribution in [0.2, 0.25) is 5.02 Å². The second-order valence-corrected chi connectivity index (χ2v) is 11.7. The highest BCUT2D eigenvalue weighted by Gasteiger charge is 2.28. The van der Waals surface area contributed by atoms with Gasteiger partial charge in [0.25, 0.3) is 5.91 Å². The molecular weight excluding hydrogens is 436 g/mol. The van der Waals surface area contributed by atoms with E-state index >= 15 is 0 Å². The summed E-state index contributed by atoms with van der Waals surface area (Å²) >= 11 is 6.19. The standard InChI is InChI=1S/C22H33ClN4O3S/c1-9-26(10-2)31(29,30)17-13-15(11-12-16(17)23)20(28)24-19-14-18(21(3,4)5)25-27(19)22(6,7)8/h11-14H,9-10H2,1-8H3,(H,24,28). The van der Waals surface area contributed by atoms with E-state index in [1.807, 2.05) is 26.8 Å². The molecule has 2 rings (SSSR count). The maximum atomic E-state index is 13.0. The number of carbonyl (C=O) groups is 1. The zero-order valence-corrected chi connectivity index (χ0v) is 21.1. The quantitative estimate of drug-likeness (QED) is 0.655. The molecule has 0 aliphatic carbocycles. The topological polar surface area (TPSA) is 84.3 Å². The lowest BCUT2D eigenvalue weighted by Gasteiger charge is -2.23. The molecule has 0 unspecified atom stereocenters. The lowest BCUT2D eigenvalue weighted by molar-refractivity contribution is 0.102. The highest BCUT2D eigenvalue weighted by atomic mass is 35.5. The molecule has 31 heavy (non-hydrogen) atoms. The molecule has 9 heteroatoms. The molecular formula is C22H33ClN4O3S. The smallest absolute Gasteiger partial charge is 0.256 e. The van der Waals surface area contributed by atoms with E-state index in [0.29, 0.717) is 18.9 Å². The Kier molecular flexibility index (Phi) is 7.30. The monoisotopic (exact) mass is 468 g/mol. The first kappa shape index (κ1) is 25.4. The number of anilines is 1. The van der Waals surface area contributed by atoms with Gasteiger partial charge in [-0.25, -0.2) is 13.1 Å². The van der Waals surface area contributed by atoms with Crippen molar-refractivity contribution >= 4 is 33.3 Å². The molecule has 7 nitrogen and oxygen atoms in total. The third-order valence-electron chi connectivity index (χ3n) is 4.87. The fourth-order valence-corrected chi connectivity index (χ4v) is 5.04. The molecule has 0 saturated carbocycles. The largest absolute Gasteiger partial charge is 0.307 e. The summed E-state index contributed by atoms with van der Waals surface area (Å²) in [5.74, 6) is 0.115. The Morgan fingerprint density at radius 2 is 1.68 bits per heavy atom. The van der Waals surface area contributed by atoms with Gasteiger partial charge in [-0.2, -0.15) is 9.40 Å². The minimum Gasteiger partial charge on any atom is -0.307 e. The van der Waals surface area contributed by atoms with E-state index < -0.39 is 15.9 Å². The van der Waals surface area contributed by atoms with Crippen molar-refractivity contribution in [2.45, 2.75) is 71.2 Å². The van der Waals surface area contributed by atoms with Gasteiger partial charge in [-0.15, -0.1) is 0 Å². The number of aromatic nitrogens is 2. The van der Waals surface area contributed by atoms with Gasteiger partial charge in [-0.05, 0) is 39.0 Å². The molecule has 1 N–H and O–H groups in total. The third kappa shape index (κ3) is 5.48. The molecule has 0 bridgehead atoms. The summed E-state index contributed by atoms with van der Waals surface area (Å²) in [7, 11) is -3.80. The van der Waals surface area contributed by atoms with Crippen LogP contribution < -0.4 is 5.32 Å². The highest BCUT2D eigenvalue weighted by Crippen LogP contribution is 2.30. The number of rotatable bonds is 6. The molecule has 0 radical (unpaired) electrons. The fourth-order valence-electron chi connectivity index (χ4n) is 3.08. The summed E-state index contributed by atoms with van der Waals surface area (Å²) in [5, 5.41) is 7.67. The number of sulfonamides is 1. The van der Waals surface area contributed by atoms with Crippen molar-refractivity contribution in [2.24, 2.45) is 0 Å². The zero-order chi connectivity index (χ0) is 23.8. The van der Waals surface area contributed by atoms with Crippen molar-refractivity contribution in [2.75, 3.05) is 18.4 Å². The van der Waals surface area contributed by atoms with Crippen LogP contribution in [-0.4, -0.2) is 41.5 Å². The molecule has 0 fully saturated rings. The van der Waals surface area contributed by atoms with E-state index in [0.717, 1.165) is 5.69 Å². The summed E-state index contributed by atoms with van der Waals surface area (Å²) in [5.41, 5.74) is 0.498. The average Bonchev–Trinajstić information content (AvgIpc) is 3.07. The number of carbonyl (C=O) groups excluding carboxylic acids is 1. The van der Waals surface area contributed by atoms with Gasteiger partial charge in [0.1, 0.15) is 10.7 Å². The number of nitrogens with zero attached hydrogens (tertiary/aromatic N) is 3. The van der Waals surface area contributed by atoms with Gasteiger partial charge in [0.15, 0.2) is 0 Å². The van der Waals surface area contributed by atoms with Crippen LogP contribution in [0.1, 0.15) is 71.4 Å². The second-order valence-electron chi connectivity index (χ2n) is 9.44. The molecule has 2 aromatic rings. The molecule has 0 aliphatic heterocycles. The van der Waals surface area contributed by atoms with E-state index in [-0.39, 0.29) is 26.4 Å². The first-order chi connectivity index (χ1) is 14.1. The Bertz CT molecular complexity index is 1060. The molecule has 0 spiro atoms. The lowest BCUT2D eigenvalue weighted by Crippen LogP contribution is -2.31. The van der Waals surface area contributed by atoms with Crippen LogP contribution in [-0.2, 0) is 21.0 Å². The SMILES string of the molecule is CCN(CC)S(=O)(=O)c1cc(C(=O)Nc2cc(C(C)(C)C)nn2C(C)(C)C)ccc1Cl. The number of hydrogen-bond donors (Lipinski definition) is 1. The van der Waals surface area contributed by atoms with Crippen LogP contribution >= 0.6 is 11.6 Å². The first-order valence-electron chi connectivity index (χ1n) is 10.3. The molecule has 1 aromatic carbocycles.